The van der Waals surface area contributed by atoms with E-state index >= 15 is 0 Å². The molecule has 88 valence electrons. The molecule has 0 bridgehead atoms. The highest BCUT2D eigenvalue weighted by Crippen LogP contribution is 2.22. The predicted molar refractivity (Wildman–Crippen MR) is 64.6 cm³/mol. The third-order valence-electron chi connectivity index (χ3n) is 1.80. The molecule has 0 aliphatic heterocycles. The molecule has 17 heavy (non-hydrogen) atoms. The van der Waals surface area contributed by atoms with Crippen LogP contribution in [0.2, 0.25) is 0 Å². The maximum atomic E-state index is 10.4. The lowest BCUT2D eigenvalue weighted by Crippen LogP contribution is -2.08. The number of benzene rings is 1. The van der Waals surface area contributed by atoms with Gasteiger partial charge >= 0.3 is 6.09 Å². The molecule has 0 unspecified atom stereocenters. The summed E-state index contributed by atoms with van der Waals surface area (Å²) in [5.41, 5.74) is 1.16. The lowest BCUT2D eigenvalue weighted by Gasteiger charge is -2.05. The molecular weight excluding hydrogens is 220 g/mol. The van der Waals surface area contributed by atoms with E-state index in [4.69, 9.17) is 10.4 Å². The lowest BCUT2D eigenvalue weighted by molar-refractivity contribution is 0.210. The molecule has 0 spiro atoms. The lowest BCUT2D eigenvalue weighted by atomic mass is 10.2. The molecule has 0 saturated carbocycles. The molecule has 0 atom stereocenters. The van der Waals surface area contributed by atoms with Crippen molar-refractivity contribution < 1.29 is 9.90 Å². The Morgan fingerprint density at radius 3 is 2.82 bits per heavy atom. The second-order valence-electron chi connectivity index (χ2n) is 3.48. The van der Waals surface area contributed by atoms with Gasteiger partial charge in [-0.3, -0.25) is 5.32 Å². The zero-order chi connectivity index (χ0) is 12.8. The standard InChI is InChI=1S/C11H12N4O2/c1-15(2)7-13-10-4-3-9(14-11(16)17)5-8(10)6-12/h3-5,7,14H,1-2H3,(H,16,17)/b13-7+. The van der Waals surface area contributed by atoms with Gasteiger partial charge in [0.1, 0.15) is 6.07 Å². The Morgan fingerprint density at radius 1 is 1.59 bits per heavy atom. The monoisotopic (exact) mass is 232 g/mol. The summed E-state index contributed by atoms with van der Waals surface area (Å²) >= 11 is 0. The minimum Gasteiger partial charge on any atom is -0.465 e. The molecule has 0 saturated heterocycles. The fourth-order valence-corrected chi connectivity index (χ4v) is 1.12. The first-order chi connectivity index (χ1) is 8.02. The van der Waals surface area contributed by atoms with Crippen LogP contribution in [-0.4, -0.2) is 36.5 Å². The SMILES string of the molecule is CN(C)/C=N/c1ccc(NC(=O)O)cc1C#N. The van der Waals surface area contributed by atoms with Crippen LogP contribution in [0, 0.1) is 11.3 Å². The summed E-state index contributed by atoms with van der Waals surface area (Å²) in [4.78, 5) is 16.3. The maximum Gasteiger partial charge on any atom is 0.409 e. The van der Waals surface area contributed by atoms with Crippen LogP contribution in [0.1, 0.15) is 5.56 Å². The summed E-state index contributed by atoms with van der Waals surface area (Å²) in [6, 6.07) is 6.55. The fraction of sp³-hybridized carbons (Fsp3) is 0.182. The van der Waals surface area contributed by atoms with Crippen LogP contribution in [0.5, 0.6) is 0 Å². The highest BCUT2D eigenvalue weighted by molar-refractivity contribution is 5.84. The van der Waals surface area contributed by atoms with Crippen molar-refractivity contribution in [3.05, 3.63) is 23.8 Å². The zero-order valence-corrected chi connectivity index (χ0v) is 9.51. The highest BCUT2D eigenvalue weighted by atomic mass is 16.4. The van der Waals surface area contributed by atoms with Crippen LogP contribution in [0.15, 0.2) is 23.2 Å². The second-order valence-corrected chi connectivity index (χ2v) is 3.48. The second kappa shape index (κ2) is 5.51. The van der Waals surface area contributed by atoms with Crippen LogP contribution in [-0.2, 0) is 0 Å². The molecule has 0 heterocycles. The zero-order valence-electron chi connectivity index (χ0n) is 9.51. The number of nitriles is 1. The van der Waals surface area contributed by atoms with E-state index in [0.717, 1.165) is 0 Å². The molecular formula is C11H12N4O2. The van der Waals surface area contributed by atoms with E-state index < -0.39 is 6.09 Å². The van der Waals surface area contributed by atoms with Gasteiger partial charge in [-0.2, -0.15) is 5.26 Å². The number of carboxylic acid groups (broad SMARTS) is 1. The van der Waals surface area contributed by atoms with Crippen LogP contribution in [0.3, 0.4) is 0 Å². The fourth-order valence-electron chi connectivity index (χ4n) is 1.12. The van der Waals surface area contributed by atoms with Crippen molar-refractivity contribution in [3.8, 4) is 6.07 Å². The number of amides is 1. The quantitative estimate of drug-likeness (QED) is 0.615. The van der Waals surface area contributed by atoms with Gasteiger partial charge in [-0.1, -0.05) is 0 Å². The minimum absolute atomic E-state index is 0.314. The highest BCUT2D eigenvalue weighted by Gasteiger charge is 2.04. The number of anilines is 1. The summed E-state index contributed by atoms with van der Waals surface area (Å²) in [7, 11) is 3.63. The van der Waals surface area contributed by atoms with Gasteiger partial charge in [0.25, 0.3) is 0 Å². The van der Waals surface area contributed by atoms with Crippen LogP contribution in [0.25, 0.3) is 0 Å². The van der Waals surface area contributed by atoms with Crippen molar-refractivity contribution in [1.82, 2.24) is 4.90 Å². The normalized spacial score (nSPS) is 9.94. The van der Waals surface area contributed by atoms with Crippen molar-refractivity contribution in [3.63, 3.8) is 0 Å². The van der Waals surface area contributed by atoms with E-state index in [9.17, 15) is 4.79 Å². The molecule has 6 nitrogen and oxygen atoms in total. The van der Waals surface area contributed by atoms with Gasteiger partial charge < -0.3 is 10.0 Å². The maximum absolute atomic E-state index is 10.4. The van der Waals surface area contributed by atoms with Gasteiger partial charge in [0.15, 0.2) is 0 Å². The molecule has 6 heteroatoms. The summed E-state index contributed by atoms with van der Waals surface area (Å²) in [5.74, 6) is 0. The smallest absolute Gasteiger partial charge is 0.409 e. The van der Waals surface area contributed by atoms with Gasteiger partial charge in [-0.15, -0.1) is 0 Å². The van der Waals surface area contributed by atoms with Gasteiger partial charge in [-0.05, 0) is 18.2 Å². The molecule has 1 aromatic carbocycles. The van der Waals surface area contributed by atoms with Crippen molar-refractivity contribution >= 4 is 23.8 Å². The Balaban J connectivity index is 3.02. The van der Waals surface area contributed by atoms with Crippen LogP contribution < -0.4 is 5.32 Å². The van der Waals surface area contributed by atoms with Crippen LogP contribution >= 0.6 is 0 Å². The number of rotatable bonds is 3. The van der Waals surface area contributed by atoms with Crippen LogP contribution in [0.4, 0.5) is 16.2 Å². The number of nitrogens with zero attached hydrogens (tertiary/aromatic N) is 3. The van der Waals surface area contributed by atoms with E-state index in [1.807, 2.05) is 20.2 Å². The topological polar surface area (TPSA) is 88.7 Å². The number of carbonyl (C=O) groups is 1. The summed E-state index contributed by atoms with van der Waals surface area (Å²) < 4.78 is 0. The van der Waals surface area contributed by atoms with Crippen molar-refractivity contribution in [2.75, 3.05) is 19.4 Å². The van der Waals surface area contributed by atoms with E-state index in [0.29, 0.717) is 16.9 Å². The molecule has 1 amide bonds. The first-order valence-corrected chi connectivity index (χ1v) is 4.77. The van der Waals surface area contributed by atoms with Gasteiger partial charge in [-0.25, -0.2) is 9.79 Å². The average molecular weight is 232 g/mol. The van der Waals surface area contributed by atoms with Crippen molar-refractivity contribution in [2.45, 2.75) is 0 Å². The van der Waals surface area contributed by atoms with Gasteiger partial charge in [0.05, 0.1) is 17.6 Å². The number of aliphatic imine (C=N–C) groups is 1. The summed E-state index contributed by atoms with van der Waals surface area (Å²) in [5, 5.41) is 19.7. The van der Waals surface area contributed by atoms with Gasteiger partial charge in [0, 0.05) is 19.8 Å². The third-order valence-corrected chi connectivity index (χ3v) is 1.80. The molecule has 0 aliphatic carbocycles. The van der Waals surface area contributed by atoms with Crippen molar-refractivity contribution in [1.29, 1.82) is 5.26 Å². The van der Waals surface area contributed by atoms with E-state index in [2.05, 4.69) is 10.3 Å². The number of nitrogens with one attached hydrogen (secondary N) is 1. The molecule has 1 aromatic rings. The Kier molecular flexibility index (Phi) is 4.06. The Morgan fingerprint density at radius 2 is 2.29 bits per heavy atom. The molecule has 0 radical (unpaired) electrons. The minimum atomic E-state index is -1.17. The Hall–Kier alpha value is -2.55. The largest absolute Gasteiger partial charge is 0.465 e. The van der Waals surface area contributed by atoms with E-state index in [-0.39, 0.29) is 0 Å². The van der Waals surface area contributed by atoms with E-state index in [1.54, 1.807) is 23.4 Å². The van der Waals surface area contributed by atoms with Gasteiger partial charge in [0.2, 0.25) is 0 Å². The third kappa shape index (κ3) is 3.83. The summed E-state index contributed by atoms with van der Waals surface area (Å²) in [6.07, 6.45) is 0.402. The first-order valence-electron chi connectivity index (χ1n) is 4.77. The predicted octanol–water partition coefficient (Wildman–Crippen LogP) is 1.87. The Bertz CT molecular complexity index is 489. The average Bonchev–Trinajstić information content (AvgIpc) is 2.26. The molecule has 1 rings (SSSR count). The summed E-state index contributed by atoms with van der Waals surface area (Å²) in [6.45, 7) is 0. The first kappa shape index (κ1) is 12.5. The molecule has 0 aromatic heterocycles. The van der Waals surface area contributed by atoms with E-state index in [1.165, 1.54) is 6.07 Å². The number of hydrogen-bond acceptors (Lipinski definition) is 3. The van der Waals surface area contributed by atoms with Crippen molar-refractivity contribution in [2.24, 2.45) is 4.99 Å². The molecule has 2 N–H and O–H groups in total. The number of hydrogen-bond donors (Lipinski definition) is 2. The molecule has 0 aliphatic rings. The Labute approximate surface area is 98.8 Å². The molecule has 0 fully saturated rings.